The number of nitrogens with one attached hydrogen (secondary N) is 3. The molecule has 1 unspecified atom stereocenters. The lowest BCUT2D eigenvalue weighted by atomic mass is 9.94. The molecule has 5 rings (SSSR count). The van der Waals surface area contributed by atoms with E-state index >= 15 is 0 Å². The van der Waals surface area contributed by atoms with E-state index in [2.05, 4.69) is 15.6 Å². The maximum Gasteiger partial charge on any atom is 0.289 e. The Bertz CT molecular complexity index is 1510. The quantitative estimate of drug-likeness (QED) is 0.304. The van der Waals surface area contributed by atoms with E-state index in [-0.39, 0.29) is 37.6 Å². The Morgan fingerprint density at radius 3 is 2.45 bits per heavy atom. The number of fused-ring (bicyclic) bond motifs is 1. The zero-order valence-corrected chi connectivity index (χ0v) is 25.4. The van der Waals surface area contributed by atoms with E-state index in [9.17, 15) is 24.0 Å². The highest BCUT2D eigenvalue weighted by molar-refractivity contribution is 6.38. The second-order valence-corrected chi connectivity index (χ2v) is 12.7. The summed E-state index contributed by atoms with van der Waals surface area (Å²) >= 11 is 0. The highest BCUT2D eigenvalue weighted by atomic mass is 16.5. The molecule has 1 aliphatic carbocycles. The average Bonchev–Trinajstić information content (AvgIpc) is 3.73. The van der Waals surface area contributed by atoms with Crippen molar-refractivity contribution in [1.29, 1.82) is 0 Å². The maximum atomic E-state index is 13.9. The molecule has 1 saturated carbocycles. The third-order valence-corrected chi connectivity index (χ3v) is 8.21. The molecule has 1 saturated heterocycles. The predicted molar refractivity (Wildman–Crippen MR) is 165 cm³/mol. The normalized spacial score (nSPS) is 20.9. The number of hydrogen-bond donors (Lipinski definition) is 3. The van der Waals surface area contributed by atoms with Crippen molar-refractivity contribution in [3.63, 3.8) is 0 Å². The van der Waals surface area contributed by atoms with Gasteiger partial charge in [-0.05, 0) is 57.7 Å². The zero-order valence-electron chi connectivity index (χ0n) is 25.4. The van der Waals surface area contributed by atoms with Gasteiger partial charge in [-0.25, -0.2) is 0 Å². The molecule has 3 amide bonds. The number of carbonyl (C=O) groups excluding carboxylic acids is 5. The molecule has 2 aromatic carbocycles. The number of benzene rings is 2. The molecule has 2 heterocycles. The Morgan fingerprint density at radius 1 is 1.05 bits per heavy atom. The Balaban J connectivity index is 1.36. The summed E-state index contributed by atoms with van der Waals surface area (Å²) in [5, 5.41) is 6.28. The number of likely N-dealkylation sites (tertiary alicyclic amines) is 1. The van der Waals surface area contributed by atoms with Gasteiger partial charge in [-0.3, -0.25) is 24.0 Å². The Labute approximate surface area is 256 Å². The van der Waals surface area contributed by atoms with E-state index in [0.717, 1.165) is 16.5 Å². The van der Waals surface area contributed by atoms with Crippen LogP contribution in [0.1, 0.15) is 68.9 Å². The van der Waals surface area contributed by atoms with Crippen LogP contribution in [-0.4, -0.2) is 69.5 Å². The first-order valence-corrected chi connectivity index (χ1v) is 15.2. The topological polar surface area (TPSA) is 138 Å². The lowest BCUT2D eigenvalue weighted by molar-refractivity contribution is -0.141. The van der Waals surface area contributed by atoms with Crippen LogP contribution in [0, 0.1) is 5.92 Å². The number of ether oxygens (including phenoxy) is 1. The molecule has 2 aliphatic rings. The van der Waals surface area contributed by atoms with E-state index < -0.39 is 47.3 Å². The van der Waals surface area contributed by atoms with Gasteiger partial charge in [0.2, 0.25) is 11.7 Å². The molecule has 3 N–H and O–H groups in total. The summed E-state index contributed by atoms with van der Waals surface area (Å²) in [5.41, 5.74) is 1.45. The minimum atomic E-state index is -1.21. The van der Waals surface area contributed by atoms with Crippen LogP contribution in [0.2, 0.25) is 0 Å². The molecule has 0 spiro atoms. The van der Waals surface area contributed by atoms with Crippen LogP contribution in [0.15, 0.2) is 60.7 Å². The number of para-hydroxylation sites is 1. The molecular formula is C34H40N4O6. The number of carbonyl (C=O) groups is 5. The van der Waals surface area contributed by atoms with Gasteiger partial charge in [0.1, 0.15) is 17.5 Å². The lowest BCUT2D eigenvalue weighted by Crippen LogP contribution is -2.54. The van der Waals surface area contributed by atoms with Gasteiger partial charge < -0.3 is 25.3 Å². The Kier molecular flexibility index (Phi) is 9.29. The van der Waals surface area contributed by atoms with Crippen molar-refractivity contribution >= 4 is 40.2 Å². The van der Waals surface area contributed by atoms with E-state index in [4.69, 9.17) is 4.74 Å². The first-order valence-electron chi connectivity index (χ1n) is 15.2. The summed E-state index contributed by atoms with van der Waals surface area (Å²) in [6, 6.07) is 16.3. The molecule has 10 heteroatoms. The van der Waals surface area contributed by atoms with Crippen molar-refractivity contribution in [2.24, 2.45) is 5.92 Å². The third kappa shape index (κ3) is 7.42. The number of nitrogens with zero attached hydrogens (tertiary/aromatic N) is 1. The summed E-state index contributed by atoms with van der Waals surface area (Å²) < 4.78 is 6.18. The monoisotopic (exact) mass is 600 g/mol. The van der Waals surface area contributed by atoms with E-state index in [1.54, 1.807) is 6.07 Å². The van der Waals surface area contributed by atoms with Gasteiger partial charge in [-0.15, -0.1) is 0 Å². The lowest BCUT2D eigenvalue weighted by Gasteiger charge is -2.26. The van der Waals surface area contributed by atoms with Crippen LogP contribution < -0.4 is 10.6 Å². The number of ketones is 2. The van der Waals surface area contributed by atoms with Crippen LogP contribution in [0.5, 0.6) is 0 Å². The van der Waals surface area contributed by atoms with Crippen molar-refractivity contribution in [3.8, 4) is 0 Å². The number of amides is 3. The van der Waals surface area contributed by atoms with E-state index in [1.165, 1.54) is 4.90 Å². The van der Waals surface area contributed by atoms with Gasteiger partial charge in [0.05, 0.1) is 17.7 Å². The fourth-order valence-electron chi connectivity index (χ4n) is 6.14. The smallest absolute Gasteiger partial charge is 0.289 e. The molecule has 1 aliphatic heterocycles. The molecule has 44 heavy (non-hydrogen) atoms. The SMILES string of the molecule is CC(C)(C)O[C@@H]1C[C@@H](C(=O)NC(C[C@@H]2CCCC2=O)C(=O)C(=O)NCc2ccccc2)N(C(=O)c2cc3ccccc3[nH]2)C1. The predicted octanol–water partition coefficient (Wildman–Crippen LogP) is 3.70. The molecule has 2 fully saturated rings. The zero-order chi connectivity index (χ0) is 31.4. The molecule has 232 valence electrons. The van der Waals surface area contributed by atoms with Gasteiger partial charge in [0.15, 0.2) is 0 Å². The highest BCUT2D eigenvalue weighted by Gasteiger charge is 2.44. The van der Waals surface area contributed by atoms with Crippen molar-refractivity contribution in [3.05, 3.63) is 71.9 Å². The van der Waals surface area contributed by atoms with Crippen LogP contribution in [0.25, 0.3) is 10.9 Å². The van der Waals surface area contributed by atoms with Crippen molar-refractivity contribution in [2.75, 3.05) is 6.54 Å². The third-order valence-electron chi connectivity index (χ3n) is 8.21. The minimum absolute atomic E-state index is 0.0249. The standard InChI is InChI=1S/C34H40N4O6/c1-34(2,3)44-24-18-28(38(20-24)33(43)27-16-22-12-7-8-14-25(22)36-27)31(41)37-26(17-23-13-9-15-29(23)39)30(40)32(42)35-19-21-10-5-4-6-11-21/h4-8,10-12,14,16,23-24,26,28,36H,9,13,15,17-20H2,1-3H3,(H,35,42)(H,37,41)/t23-,24+,26?,28-/m0/s1. The van der Waals surface area contributed by atoms with Crippen LogP contribution >= 0.6 is 0 Å². The first kappa shape index (κ1) is 31.1. The first-order chi connectivity index (χ1) is 21.0. The van der Waals surface area contributed by atoms with E-state index in [1.807, 2.05) is 75.4 Å². The summed E-state index contributed by atoms with van der Waals surface area (Å²) in [5.74, 6) is -2.98. The van der Waals surface area contributed by atoms with Gasteiger partial charge in [0.25, 0.3) is 11.8 Å². The fourth-order valence-corrected chi connectivity index (χ4v) is 6.14. The molecule has 1 aromatic heterocycles. The fraction of sp³-hybridized carbons (Fsp3) is 0.441. The second kappa shape index (κ2) is 13.1. The number of aromatic nitrogens is 1. The Hall–Kier alpha value is -4.31. The average molecular weight is 601 g/mol. The number of H-pyrrole nitrogens is 1. The maximum absolute atomic E-state index is 13.9. The molecular weight excluding hydrogens is 560 g/mol. The van der Waals surface area contributed by atoms with Gasteiger partial charge in [-0.2, -0.15) is 0 Å². The van der Waals surface area contributed by atoms with Gasteiger partial charge in [-0.1, -0.05) is 48.5 Å². The largest absolute Gasteiger partial charge is 0.371 e. The summed E-state index contributed by atoms with van der Waals surface area (Å²) in [4.78, 5) is 71.2. The summed E-state index contributed by atoms with van der Waals surface area (Å²) in [7, 11) is 0. The van der Waals surface area contributed by atoms with Crippen LogP contribution in [0.4, 0.5) is 0 Å². The number of Topliss-reactive ketones (excluding diaryl/α,β-unsaturated/α-hetero) is 2. The van der Waals surface area contributed by atoms with Crippen molar-refractivity contribution in [2.45, 2.75) is 83.2 Å². The molecule has 0 radical (unpaired) electrons. The Morgan fingerprint density at radius 2 is 1.77 bits per heavy atom. The van der Waals surface area contributed by atoms with Crippen LogP contribution in [0.3, 0.4) is 0 Å². The number of rotatable bonds is 10. The highest BCUT2D eigenvalue weighted by Crippen LogP contribution is 2.29. The minimum Gasteiger partial charge on any atom is -0.371 e. The molecule has 10 nitrogen and oxygen atoms in total. The summed E-state index contributed by atoms with van der Waals surface area (Å²) in [6.45, 7) is 6.05. The van der Waals surface area contributed by atoms with E-state index in [0.29, 0.717) is 25.0 Å². The molecule has 4 atom stereocenters. The van der Waals surface area contributed by atoms with Crippen molar-refractivity contribution in [1.82, 2.24) is 20.5 Å². The van der Waals surface area contributed by atoms with Crippen molar-refractivity contribution < 1.29 is 28.7 Å². The second-order valence-electron chi connectivity index (χ2n) is 12.7. The van der Waals surface area contributed by atoms with Gasteiger partial charge in [0, 0.05) is 42.8 Å². The number of aromatic amines is 1. The molecule has 0 bridgehead atoms. The van der Waals surface area contributed by atoms with Crippen LogP contribution in [-0.2, 0) is 30.5 Å². The van der Waals surface area contributed by atoms with Gasteiger partial charge >= 0.3 is 0 Å². The number of hydrogen-bond acceptors (Lipinski definition) is 6. The molecule has 3 aromatic rings. The summed E-state index contributed by atoms with van der Waals surface area (Å²) in [6.07, 6.45) is 1.56.